The van der Waals surface area contributed by atoms with Crippen LogP contribution in [0.25, 0.3) is 11.1 Å². The lowest BCUT2D eigenvalue weighted by atomic mass is 9.99. The average Bonchev–Trinajstić information content (AvgIpc) is 3.23. The molecule has 0 aliphatic carbocycles. The fraction of sp³-hybridized carbons (Fsp3) is 0.188. The van der Waals surface area contributed by atoms with Crippen molar-refractivity contribution in [2.24, 2.45) is 0 Å². The SMILES string of the molecule is O=C(Nc1ccc(C(=O)N2C[C@@H]3C[C@@H](O)CN3Cc3ccccc32)cc1)c1ccccc1-c1ccccc1. The van der Waals surface area contributed by atoms with E-state index in [1.54, 1.807) is 24.3 Å². The van der Waals surface area contributed by atoms with Gasteiger partial charge in [0.25, 0.3) is 11.8 Å². The molecule has 6 heteroatoms. The van der Waals surface area contributed by atoms with Gasteiger partial charge in [0.05, 0.1) is 6.10 Å². The maximum atomic E-state index is 13.7. The largest absolute Gasteiger partial charge is 0.392 e. The molecule has 2 heterocycles. The first-order valence-electron chi connectivity index (χ1n) is 12.9. The number of benzene rings is 4. The van der Waals surface area contributed by atoms with E-state index in [1.807, 2.05) is 77.7 Å². The highest BCUT2D eigenvalue weighted by Crippen LogP contribution is 2.33. The number of fused-ring (bicyclic) bond motifs is 2. The molecule has 2 N–H and O–H groups in total. The molecule has 2 atom stereocenters. The zero-order valence-electron chi connectivity index (χ0n) is 21.0. The van der Waals surface area contributed by atoms with E-state index in [-0.39, 0.29) is 24.0 Å². The zero-order valence-corrected chi connectivity index (χ0v) is 21.0. The van der Waals surface area contributed by atoms with Crippen LogP contribution >= 0.6 is 0 Å². The molecule has 190 valence electrons. The maximum Gasteiger partial charge on any atom is 0.258 e. The Bertz CT molecular complexity index is 1470. The van der Waals surface area contributed by atoms with Crippen molar-refractivity contribution in [3.05, 3.63) is 120 Å². The van der Waals surface area contributed by atoms with Crippen molar-refractivity contribution in [2.45, 2.75) is 25.1 Å². The van der Waals surface area contributed by atoms with Gasteiger partial charge in [-0.25, -0.2) is 0 Å². The number of anilines is 2. The third-order valence-corrected chi connectivity index (χ3v) is 7.45. The van der Waals surface area contributed by atoms with Crippen molar-refractivity contribution in [1.29, 1.82) is 0 Å². The number of hydrogen-bond donors (Lipinski definition) is 2. The summed E-state index contributed by atoms with van der Waals surface area (Å²) in [4.78, 5) is 31.0. The van der Waals surface area contributed by atoms with Crippen LogP contribution in [0.5, 0.6) is 0 Å². The Morgan fingerprint density at radius 3 is 2.32 bits per heavy atom. The predicted molar refractivity (Wildman–Crippen MR) is 149 cm³/mol. The Kier molecular flexibility index (Phi) is 6.50. The summed E-state index contributed by atoms with van der Waals surface area (Å²) in [5.41, 5.74) is 5.59. The molecule has 4 aromatic carbocycles. The van der Waals surface area contributed by atoms with E-state index >= 15 is 0 Å². The molecule has 0 unspecified atom stereocenters. The Morgan fingerprint density at radius 2 is 1.50 bits per heavy atom. The number of amides is 2. The Morgan fingerprint density at radius 1 is 0.789 bits per heavy atom. The van der Waals surface area contributed by atoms with E-state index in [0.29, 0.717) is 36.3 Å². The van der Waals surface area contributed by atoms with Gasteiger partial charge < -0.3 is 15.3 Å². The minimum Gasteiger partial charge on any atom is -0.392 e. The number of aliphatic hydroxyl groups excluding tert-OH is 1. The fourth-order valence-electron chi connectivity index (χ4n) is 5.57. The van der Waals surface area contributed by atoms with Crippen LogP contribution in [0.1, 0.15) is 32.7 Å². The van der Waals surface area contributed by atoms with Crippen molar-refractivity contribution in [2.75, 3.05) is 23.3 Å². The van der Waals surface area contributed by atoms with Gasteiger partial charge in [-0.15, -0.1) is 0 Å². The van der Waals surface area contributed by atoms with Gasteiger partial charge in [-0.05, 0) is 59.5 Å². The van der Waals surface area contributed by atoms with Gasteiger partial charge in [0, 0.05) is 48.2 Å². The molecule has 6 rings (SSSR count). The van der Waals surface area contributed by atoms with Crippen LogP contribution in [0.4, 0.5) is 11.4 Å². The van der Waals surface area contributed by atoms with Crippen LogP contribution in [-0.4, -0.2) is 47.1 Å². The fourth-order valence-corrected chi connectivity index (χ4v) is 5.57. The lowest BCUT2D eigenvalue weighted by molar-refractivity contribution is 0.0980. The quantitative estimate of drug-likeness (QED) is 0.402. The topological polar surface area (TPSA) is 72.9 Å². The van der Waals surface area contributed by atoms with Gasteiger partial charge in [-0.2, -0.15) is 0 Å². The number of rotatable bonds is 4. The van der Waals surface area contributed by atoms with Gasteiger partial charge in [-0.3, -0.25) is 14.5 Å². The van der Waals surface area contributed by atoms with Crippen LogP contribution in [0.3, 0.4) is 0 Å². The van der Waals surface area contributed by atoms with E-state index in [4.69, 9.17) is 0 Å². The molecule has 1 saturated heterocycles. The third kappa shape index (κ3) is 4.72. The predicted octanol–water partition coefficient (Wildman–Crippen LogP) is 5.20. The Hall–Kier alpha value is -4.26. The molecule has 2 aliphatic rings. The highest BCUT2D eigenvalue weighted by molar-refractivity contribution is 6.09. The number of hydrogen-bond acceptors (Lipinski definition) is 4. The van der Waals surface area contributed by atoms with Crippen molar-refractivity contribution in [3.8, 4) is 11.1 Å². The van der Waals surface area contributed by atoms with Crippen molar-refractivity contribution < 1.29 is 14.7 Å². The number of para-hydroxylation sites is 1. The number of nitrogens with one attached hydrogen (secondary N) is 1. The second-order valence-corrected chi connectivity index (χ2v) is 9.96. The van der Waals surface area contributed by atoms with Gasteiger partial charge in [0.2, 0.25) is 0 Å². The molecule has 0 aromatic heterocycles. The van der Waals surface area contributed by atoms with E-state index in [0.717, 1.165) is 28.9 Å². The first-order valence-corrected chi connectivity index (χ1v) is 12.9. The summed E-state index contributed by atoms with van der Waals surface area (Å²) in [6, 6.07) is 32.5. The number of aliphatic hydroxyl groups is 1. The van der Waals surface area contributed by atoms with Gasteiger partial charge >= 0.3 is 0 Å². The van der Waals surface area contributed by atoms with E-state index in [9.17, 15) is 14.7 Å². The summed E-state index contributed by atoms with van der Waals surface area (Å²) >= 11 is 0. The number of carbonyl (C=O) groups is 2. The summed E-state index contributed by atoms with van der Waals surface area (Å²) in [7, 11) is 0. The molecule has 0 saturated carbocycles. The van der Waals surface area contributed by atoms with Gasteiger partial charge in [-0.1, -0.05) is 66.7 Å². The average molecular weight is 504 g/mol. The number of nitrogens with zero attached hydrogens (tertiary/aromatic N) is 2. The second-order valence-electron chi connectivity index (χ2n) is 9.96. The molecule has 0 bridgehead atoms. The van der Waals surface area contributed by atoms with Crippen LogP contribution in [-0.2, 0) is 6.54 Å². The monoisotopic (exact) mass is 503 g/mol. The summed E-state index contributed by atoms with van der Waals surface area (Å²) in [6.45, 7) is 1.88. The van der Waals surface area contributed by atoms with E-state index in [1.165, 1.54) is 0 Å². The molecule has 0 radical (unpaired) electrons. The Balaban J connectivity index is 1.22. The van der Waals surface area contributed by atoms with Crippen molar-refractivity contribution >= 4 is 23.2 Å². The summed E-state index contributed by atoms with van der Waals surface area (Å²) in [6.07, 6.45) is 0.296. The molecular formula is C32H29N3O3. The molecule has 1 fully saturated rings. The maximum absolute atomic E-state index is 13.7. The van der Waals surface area contributed by atoms with Gasteiger partial charge in [0.1, 0.15) is 0 Å². The minimum absolute atomic E-state index is 0.0898. The first kappa shape index (κ1) is 24.1. The number of carbonyl (C=O) groups excluding carboxylic acids is 2. The van der Waals surface area contributed by atoms with Crippen LogP contribution in [0, 0.1) is 0 Å². The normalized spacial score (nSPS) is 18.8. The van der Waals surface area contributed by atoms with Crippen LogP contribution in [0.15, 0.2) is 103 Å². The van der Waals surface area contributed by atoms with E-state index in [2.05, 4.69) is 16.3 Å². The smallest absolute Gasteiger partial charge is 0.258 e. The molecule has 4 aromatic rings. The Labute approximate surface area is 222 Å². The van der Waals surface area contributed by atoms with Crippen LogP contribution < -0.4 is 10.2 Å². The lowest BCUT2D eigenvalue weighted by Crippen LogP contribution is -2.40. The summed E-state index contributed by atoms with van der Waals surface area (Å²) < 4.78 is 0. The molecule has 38 heavy (non-hydrogen) atoms. The lowest BCUT2D eigenvalue weighted by Gasteiger charge is -2.26. The third-order valence-electron chi connectivity index (χ3n) is 7.45. The summed E-state index contributed by atoms with van der Waals surface area (Å²) in [5, 5.41) is 13.2. The highest BCUT2D eigenvalue weighted by Gasteiger charge is 2.37. The first-order chi connectivity index (χ1) is 18.6. The molecule has 0 spiro atoms. The van der Waals surface area contributed by atoms with E-state index < -0.39 is 0 Å². The second kappa shape index (κ2) is 10.2. The summed E-state index contributed by atoms with van der Waals surface area (Å²) in [5.74, 6) is -0.294. The standard InChI is InChI=1S/C32H29N3O3/c36-27-18-26-20-35(30-13-7-4-10-24(30)19-34(26)21-27)32(38)23-14-16-25(17-15-23)33-31(37)29-12-6-5-11-28(29)22-8-2-1-3-9-22/h1-17,26-27,36H,18-21H2,(H,33,37)/t26-,27+/m0/s1. The van der Waals surface area contributed by atoms with Crippen LogP contribution in [0.2, 0.25) is 0 Å². The highest BCUT2D eigenvalue weighted by atomic mass is 16.3. The molecular weight excluding hydrogens is 474 g/mol. The zero-order chi connectivity index (χ0) is 26.1. The minimum atomic E-state index is -0.364. The molecule has 2 aliphatic heterocycles. The van der Waals surface area contributed by atoms with Gasteiger partial charge in [0.15, 0.2) is 0 Å². The molecule has 6 nitrogen and oxygen atoms in total. The van der Waals surface area contributed by atoms with Crippen molar-refractivity contribution in [3.63, 3.8) is 0 Å². The van der Waals surface area contributed by atoms with Crippen molar-refractivity contribution in [1.82, 2.24) is 4.90 Å². The molecule has 2 amide bonds.